The molecule has 2 aromatic heterocycles. The lowest BCUT2D eigenvalue weighted by atomic mass is 9.97. The predicted molar refractivity (Wildman–Crippen MR) is 115 cm³/mol. The van der Waals surface area contributed by atoms with E-state index in [9.17, 15) is 18.0 Å². The molecule has 1 saturated heterocycles. The summed E-state index contributed by atoms with van der Waals surface area (Å²) in [4.78, 5) is 14.5. The number of amides is 1. The summed E-state index contributed by atoms with van der Waals surface area (Å²) in [6, 6.07) is 7.60. The highest BCUT2D eigenvalue weighted by atomic mass is 19.4. The molecule has 7 nitrogen and oxygen atoms in total. The van der Waals surface area contributed by atoms with Crippen LogP contribution in [0, 0.1) is 0 Å². The van der Waals surface area contributed by atoms with E-state index < -0.39 is 11.7 Å². The molecule has 0 bridgehead atoms. The minimum Gasteiger partial charge on any atom is -0.497 e. The van der Waals surface area contributed by atoms with Gasteiger partial charge in [0, 0.05) is 37.3 Å². The zero-order valence-corrected chi connectivity index (χ0v) is 18.2. The minimum atomic E-state index is -4.46. The summed E-state index contributed by atoms with van der Waals surface area (Å²) in [5, 5.41) is 8.13. The SMILES string of the molecule is COc1cc(/C=C/C(=O)N2CCCC(c3nnc4ccc(C(F)(F)F)cn34)C2)cc(OC)c1. The second-order valence-electron chi connectivity index (χ2n) is 7.80. The van der Waals surface area contributed by atoms with Crippen molar-refractivity contribution in [1.29, 1.82) is 0 Å². The third-order valence-corrected chi connectivity index (χ3v) is 5.65. The number of ether oxygens (including phenoxy) is 2. The van der Waals surface area contributed by atoms with Gasteiger partial charge in [0.15, 0.2) is 5.65 Å². The summed E-state index contributed by atoms with van der Waals surface area (Å²) < 4.78 is 51.3. The van der Waals surface area contributed by atoms with Crippen LogP contribution in [0.2, 0.25) is 0 Å². The first kappa shape index (κ1) is 22.6. The number of benzene rings is 1. The lowest BCUT2D eigenvalue weighted by molar-refractivity contribution is -0.137. The molecule has 4 rings (SSSR count). The summed E-state index contributed by atoms with van der Waals surface area (Å²) in [7, 11) is 3.10. The maximum Gasteiger partial charge on any atom is 0.417 e. The molecule has 3 heterocycles. The number of likely N-dealkylation sites (tertiary alicyclic amines) is 1. The molecular formula is C23H23F3N4O3. The fourth-order valence-corrected chi connectivity index (χ4v) is 3.94. The smallest absolute Gasteiger partial charge is 0.417 e. The zero-order valence-electron chi connectivity index (χ0n) is 18.2. The first-order chi connectivity index (χ1) is 15.8. The fraction of sp³-hybridized carbons (Fsp3) is 0.348. The quantitative estimate of drug-likeness (QED) is 0.535. The lowest BCUT2D eigenvalue weighted by Gasteiger charge is -2.31. The van der Waals surface area contributed by atoms with Crippen molar-refractivity contribution in [3.8, 4) is 11.5 Å². The van der Waals surface area contributed by atoms with E-state index in [4.69, 9.17) is 9.47 Å². The van der Waals surface area contributed by atoms with Crippen molar-refractivity contribution in [3.63, 3.8) is 0 Å². The molecule has 0 saturated carbocycles. The number of hydrogen-bond acceptors (Lipinski definition) is 5. The number of hydrogen-bond donors (Lipinski definition) is 0. The second kappa shape index (κ2) is 9.13. The molecule has 1 atom stereocenters. The highest BCUT2D eigenvalue weighted by molar-refractivity contribution is 5.92. The molecule has 33 heavy (non-hydrogen) atoms. The van der Waals surface area contributed by atoms with Gasteiger partial charge in [-0.15, -0.1) is 10.2 Å². The number of pyridine rings is 1. The van der Waals surface area contributed by atoms with Gasteiger partial charge in [0.05, 0.1) is 19.8 Å². The molecule has 1 aromatic carbocycles. The van der Waals surface area contributed by atoms with Gasteiger partial charge in [-0.3, -0.25) is 9.20 Å². The number of alkyl halides is 3. The molecule has 0 N–H and O–H groups in total. The monoisotopic (exact) mass is 460 g/mol. The molecule has 10 heteroatoms. The Hall–Kier alpha value is -3.56. The number of methoxy groups -OCH3 is 2. The number of halogens is 3. The van der Waals surface area contributed by atoms with E-state index in [0.717, 1.165) is 17.8 Å². The Bertz CT molecular complexity index is 1170. The highest BCUT2D eigenvalue weighted by Crippen LogP contribution is 2.31. The van der Waals surface area contributed by atoms with Crippen molar-refractivity contribution in [2.24, 2.45) is 0 Å². The van der Waals surface area contributed by atoms with Gasteiger partial charge in [-0.1, -0.05) is 0 Å². The van der Waals surface area contributed by atoms with Crippen molar-refractivity contribution >= 4 is 17.6 Å². The van der Waals surface area contributed by atoms with E-state index in [-0.39, 0.29) is 11.8 Å². The van der Waals surface area contributed by atoms with Crippen molar-refractivity contribution < 1.29 is 27.4 Å². The maximum atomic E-state index is 13.2. The van der Waals surface area contributed by atoms with Crippen molar-refractivity contribution in [3.05, 3.63) is 59.6 Å². The highest BCUT2D eigenvalue weighted by Gasteiger charge is 2.32. The second-order valence-corrected chi connectivity index (χ2v) is 7.80. The Morgan fingerprint density at radius 3 is 2.52 bits per heavy atom. The van der Waals surface area contributed by atoms with Gasteiger partial charge in [0.25, 0.3) is 0 Å². The molecular weight excluding hydrogens is 437 g/mol. The minimum absolute atomic E-state index is 0.189. The number of nitrogens with zero attached hydrogens (tertiary/aromatic N) is 4. The van der Waals surface area contributed by atoms with Gasteiger partial charge >= 0.3 is 6.18 Å². The van der Waals surface area contributed by atoms with Crippen LogP contribution in [0.3, 0.4) is 0 Å². The van der Waals surface area contributed by atoms with E-state index in [1.807, 2.05) is 0 Å². The molecule has 1 unspecified atom stereocenters. The first-order valence-electron chi connectivity index (χ1n) is 10.4. The van der Waals surface area contributed by atoms with E-state index >= 15 is 0 Å². The van der Waals surface area contributed by atoms with Gasteiger partial charge in [-0.25, -0.2) is 0 Å². The lowest BCUT2D eigenvalue weighted by Crippen LogP contribution is -2.38. The predicted octanol–water partition coefficient (Wildman–Crippen LogP) is 4.18. The molecule has 1 amide bonds. The van der Waals surface area contributed by atoms with E-state index in [1.165, 1.54) is 16.5 Å². The van der Waals surface area contributed by atoms with E-state index in [0.29, 0.717) is 48.9 Å². The molecule has 0 radical (unpaired) electrons. The van der Waals surface area contributed by atoms with Crippen LogP contribution in [0.25, 0.3) is 11.7 Å². The Labute approximate surface area is 188 Å². The molecule has 1 aliphatic heterocycles. The van der Waals surface area contributed by atoms with Crippen LogP contribution in [0.15, 0.2) is 42.6 Å². The van der Waals surface area contributed by atoms with Gasteiger partial charge in [-0.05, 0) is 48.7 Å². The summed E-state index contributed by atoms with van der Waals surface area (Å²) in [5.74, 6) is 1.24. The average molecular weight is 460 g/mol. The average Bonchev–Trinajstić information content (AvgIpc) is 3.25. The van der Waals surface area contributed by atoms with Crippen LogP contribution in [0.1, 0.15) is 35.7 Å². The van der Waals surface area contributed by atoms with Crippen molar-refractivity contribution in [2.75, 3.05) is 27.3 Å². The van der Waals surface area contributed by atoms with Crippen LogP contribution >= 0.6 is 0 Å². The molecule has 1 fully saturated rings. The molecule has 174 valence electrons. The summed E-state index contributed by atoms with van der Waals surface area (Å²) >= 11 is 0. The number of rotatable bonds is 5. The van der Waals surface area contributed by atoms with Gasteiger partial charge in [0.1, 0.15) is 17.3 Å². The number of aromatic nitrogens is 3. The number of piperidine rings is 1. The third kappa shape index (κ3) is 4.94. The largest absolute Gasteiger partial charge is 0.497 e. The fourth-order valence-electron chi connectivity index (χ4n) is 3.94. The van der Waals surface area contributed by atoms with Crippen LogP contribution in [0.5, 0.6) is 11.5 Å². The topological polar surface area (TPSA) is 69.0 Å². The van der Waals surface area contributed by atoms with Crippen LogP contribution < -0.4 is 9.47 Å². The Balaban J connectivity index is 1.52. The molecule has 0 aliphatic carbocycles. The Morgan fingerprint density at radius 1 is 1.12 bits per heavy atom. The number of fused-ring (bicyclic) bond motifs is 1. The van der Waals surface area contributed by atoms with Crippen LogP contribution in [-0.2, 0) is 11.0 Å². The normalized spacial score (nSPS) is 17.0. The molecule has 0 spiro atoms. The van der Waals surface area contributed by atoms with Gasteiger partial charge in [-0.2, -0.15) is 13.2 Å². The Kier molecular flexibility index (Phi) is 6.26. The van der Waals surface area contributed by atoms with Gasteiger partial charge in [0.2, 0.25) is 5.91 Å². The molecule has 1 aliphatic rings. The first-order valence-corrected chi connectivity index (χ1v) is 10.4. The zero-order chi connectivity index (χ0) is 23.6. The Morgan fingerprint density at radius 2 is 1.85 bits per heavy atom. The van der Waals surface area contributed by atoms with Crippen LogP contribution in [0.4, 0.5) is 13.2 Å². The van der Waals surface area contributed by atoms with E-state index in [1.54, 1.807) is 43.4 Å². The van der Waals surface area contributed by atoms with Gasteiger partial charge < -0.3 is 14.4 Å². The third-order valence-electron chi connectivity index (χ3n) is 5.65. The summed E-state index contributed by atoms with van der Waals surface area (Å²) in [6.07, 6.45) is 1.13. The number of carbonyl (C=O) groups excluding carboxylic acids is 1. The van der Waals surface area contributed by atoms with Crippen molar-refractivity contribution in [2.45, 2.75) is 24.9 Å². The standard InChI is InChI=1S/C23H23F3N4O3/c1-32-18-10-15(11-19(12-18)33-2)5-8-21(31)29-9-3-4-16(13-29)22-28-27-20-7-6-17(14-30(20)22)23(24,25)26/h5-8,10-12,14,16H,3-4,9,13H2,1-2H3/b8-5+. The van der Waals surface area contributed by atoms with Crippen LogP contribution in [-0.4, -0.2) is 52.7 Å². The van der Waals surface area contributed by atoms with Crippen molar-refractivity contribution in [1.82, 2.24) is 19.5 Å². The van der Waals surface area contributed by atoms with E-state index in [2.05, 4.69) is 10.2 Å². The summed E-state index contributed by atoms with van der Waals surface area (Å²) in [6.45, 7) is 0.910. The number of carbonyl (C=O) groups is 1. The molecule has 3 aromatic rings. The maximum absolute atomic E-state index is 13.2. The summed E-state index contributed by atoms with van der Waals surface area (Å²) in [5.41, 5.74) is 0.320.